The average molecular weight is 1050 g/mol. The van der Waals surface area contributed by atoms with Gasteiger partial charge in [-0.15, -0.1) is 0 Å². The van der Waals surface area contributed by atoms with Gasteiger partial charge in [-0.25, -0.2) is 4.48 Å². The minimum Gasteiger partial charge on any atom is -1.00 e. The molecule has 0 saturated carbocycles. The SMILES string of the molecule is N.O=P([O-])(O)C([N+](C(P(=O)(O)O)P(=O)(O)O)(C(P(=O)(O)O)P(=O)(O)O)C(P(=O)(O)O)P(=O)(O)O)P1(=O)OCCCCCCO1.[H-].[H-].[H-].[H-].[H-].[H-].[K+].[K+].[K+].[K+].[K+].[K+]. The molecule has 0 spiro atoms. The summed E-state index contributed by atoms with van der Waals surface area (Å²) in [6.45, 7) is -2.09. The molecule has 0 bridgehead atoms. The standard InChI is InChI=1S/C10H29NO24P8.6K.H3N.6H/c12-36(13,14)7(37(15,16)17)11(8(38(18,19)20)39(21,22)23,9(40(24,25)26)41(27,28)29)10(42(30,31)32)43(33)34-5-3-1-2-4-6-35-43;;;;;;;;;;;;;/h7-10H,1-6H2,(H13-,12,13,14,15,16,17,18,19,20,21,22,23,24,25,26,27,28,29,30,31,32);;;;;;;1H3;;;;;;/q;6*+1;;6*-1. The van der Waals surface area contributed by atoms with Crippen molar-refractivity contribution >= 4 is 60.8 Å². The van der Waals surface area contributed by atoms with E-state index in [-0.39, 0.29) is 349 Å². The van der Waals surface area contributed by atoms with E-state index in [1.54, 1.807) is 0 Å². The van der Waals surface area contributed by atoms with Crippen molar-refractivity contribution in [1.82, 2.24) is 6.15 Å². The van der Waals surface area contributed by atoms with E-state index in [1.807, 2.05) is 0 Å². The van der Waals surface area contributed by atoms with Gasteiger partial charge in [-0.2, -0.15) is 0 Å². The summed E-state index contributed by atoms with van der Waals surface area (Å²) in [5, 5.41) is 0. The second-order valence-corrected chi connectivity index (χ2v) is 24.3. The van der Waals surface area contributed by atoms with Gasteiger partial charge in [-0.05, 0) is 12.8 Å². The summed E-state index contributed by atoms with van der Waals surface area (Å²) in [5.41, 5.74) is -19.9. The van der Waals surface area contributed by atoms with Gasteiger partial charge in [0, 0.05) is 0 Å². The summed E-state index contributed by atoms with van der Waals surface area (Å²) in [6.07, 6.45) is -0.264. The molecule has 1 heterocycles. The fourth-order valence-corrected chi connectivity index (χ4v) is 22.1. The number of nitrogens with zero attached hydrogens (tertiary/aromatic N) is 1. The van der Waals surface area contributed by atoms with Crippen molar-refractivity contribution < 1.29 is 435 Å². The van der Waals surface area contributed by atoms with Gasteiger partial charge in [-0.1, -0.05) is 12.8 Å². The Morgan fingerprint density at radius 2 is 0.700 bits per heavy atom. The zero-order valence-electron chi connectivity index (χ0n) is 33.6. The number of rotatable bonds is 12. The summed E-state index contributed by atoms with van der Waals surface area (Å²) in [6, 6.07) is 0. The Balaban J connectivity index is -0.000000129. The van der Waals surface area contributed by atoms with Gasteiger partial charge in [0.15, 0.2) is 0 Å². The Labute approximate surface area is 549 Å². The van der Waals surface area contributed by atoms with Gasteiger partial charge in [-0.3, -0.25) is 32.0 Å². The van der Waals surface area contributed by atoms with E-state index < -0.39 is 101 Å². The minimum atomic E-state index is -7.51. The summed E-state index contributed by atoms with van der Waals surface area (Å²) in [5.74, 6) is 0. The topological polar surface area (TPSA) is 476 Å². The van der Waals surface area contributed by atoms with Crippen LogP contribution in [-0.2, 0) is 45.6 Å². The van der Waals surface area contributed by atoms with E-state index in [0.29, 0.717) is 0 Å². The molecule has 0 aromatic rings. The van der Waals surface area contributed by atoms with Crippen LogP contribution in [0.25, 0.3) is 0 Å². The molecule has 2 unspecified atom stereocenters. The smallest absolute Gasteiger partial charge is 1.00 e. The van der Waals surface area contributed by atoms with E-state index >= 15 is 0 Å². The van der Waals surface area contributed by atoms with Gasteiger partial charge in [0.2, 0.25) is 7.60 Å². The Hall–Kier alpha value is 10.9. The molecule has 2 atom stereocenters. The van der Waals surface area contributed by atoms with Gasteiger partial charge in [0.05, 0.1) is 13.2 Å². The molecular weight excluding hydrogens is 1010 g/mol. The van der Waals surface area contributed by atoms with Crippen molar-refractivity contribution in [3.05, 3.63) is 0 Å². The monoisotopic (exact) mass is 1050 g/mol. The molecule has 278 valence electrons. The van der Waals surface area contributed by atoms with E-state index in [2.05, 4.69) is 0 Å². The van der Waals surface area contributed by atoms with Crippen molar-refractivity contribution in [1.29, 1.82) is 0 Å². The van der Waals surface area contributed by atoms with Crippen molar-refractivity contribution in [3.8, 4) is 0 Å². The molecule has 0 aromatic carbocycles. The van der Waals surface area contributed by atoms with Crippen LogP contribution in [0.15, 0.2) is 0 Å². The largest absolute Gasteiger partial charge is 1.00 e. The molecule has 0 amide bonds. The van der Waals surface area contributed by atoms with E-state index in [9.17, 15) is 105 Å². The molecule has 0 aromatic heterocycles. The third-order valence-corrected chi connectivity index (χ3v) is 21.7. The van der Waals surface area contributed by atoms with Crippen LogP contribution >= 0.6 is 60.8 Å². The van der Waals surface area contributed by atoms with Crippen LogP contribution in [-0.4, -0.2) is 103 Å². The van der Waals surface area contributed by atoms with Crippen molar-refractivity contribution in [2.75, 3.05) is 13.2 Å². The summed E-state index contributed by atoms with van der Waals surface area (Å²) in [7, 11) is -58.5. The Morgan fingerprint density at radius 3 is 0.860 bits per heavy atom. The normalized spacial score (nSPS) is 18.3. The number of hydrogen-bond donors (Lipinski definition) is 14. The number of hydrogen-bond acceptors (Lipinski definition) is 12. The average Bonchev–Trinajstić information content (AvgIpc) is 2.71. The van der Waals surface area contributed by atoms with Crippen molar-refractivity contribution in [2.45, 2.75) is 47.8 Å². The van der Waals surface area contributed by atoms with E-state index in [1.165, 1.54) is 0 Å². The van der Waals surface area contributed by atoms with Crippen LogP contribution in [0.4, 0.5) is 0 Å². The van der Waals surface area contributed by atoms with Gasteiger partial charge in [0.1, 0.15) is 0 Å². The third-order valence-electron chi connectivity index (χ3n) is 5.56. The maximum Gasteiger partial charge on any atom is 1.00 e. The zero-order chi connectivity index (χ0) is 34.5. The van der Waals surface area contributed by atoms with E-state index in [0.717, 1.165) is 0 Å². The Bertz CT molecular complexity index is 1260. The first-order valence-corrected chi connectivity index (χ1v) is 24.1. The maximum absolute atomic E-state index is 14.1. The molecule has 16 N–H and O–H groups in total. The molecule has 1 fully saturated rings. The first kappa shape index (κ1) is 75.2. The van der Waals surface area contributed by atoms with Crippen LogP contribution in [0.3, 0.4) is 0 Å². The Kier molecular flexibility index (Phi) is 43.4. The van der Waals surface area contributed by atoms with Crippen LogP contribution < -0.4 is 319 Å². The van der Waals surface area contributed by atoms with Gasteiger partial charge < -0.3 is 96.8 Å². The van der Waals surface area contributed by atoms with Crippen molar-refractivity contribution in [3.63, 3.8) is 0 Å². The molecule has 1 rings (SSSR count). The molecule has 1 aliphatic rings. The molecule has 0 radical (unpaired) electrons. The molecule has 1 aliphatic heterocycles. The van der Waals surface area contributed by atoms with Crippen LogP contribution in [0.1, 0.15) is 34.2 Å². The quantitative estimate of drug-likeness (QED) is 0.0490. The fourth-order valence-electron chi connectivity index (χ4n) is 4.65. The number of quaternary nitrogens is 1. The van der Waals surface area contributed by atoms with E-state index in [4.69, 9.17) is 9.05 Å². The minimum absolute atomic E-state index is 0. The van der Waals surface area contributed by atoms with Gasteiger partial charge >= 0.3 is 361 Å². The maximum atomic E-state index is 14.1. The van der Waals surface area contributed by atoms with Gasteiger partial charge in [0.25, 0.3) is 22.1 Å². The molecule has 26 nitrogen and oxygen atoms in total. The van der Waals surface area contributed by atoms with Crippen LogP contribution in [0.2, 0.25) is 0 Å². The summed E-state index contributed by atoms with van der Waals surface area (Å²) >= 11 is 0. The molecule has 40 heteroatoms. The van der Waals surface area contributed by atoms with Crippen molar-refractivity contribution in [2.24, 2.45) is 0 Å². The molecule has 0 aliphatic carbocycles. The molecule has 1 saturated heterocycles. The first-order valence-electron chi connectivity index (χ1n) is 10.8. The molecular formula is C10H38K6N2O24P8. The predicted molar refractivity (Wildman–Crippen MR) is 147 cm³/mol. The third kappa shape index (κ3) is 21.5. The second kappa shape index (κ2) is 28.9. The predicted octanol–water partition coefficient (Wildman–Crippen LogP) is -18.8. The zero-order valence-corrected chi connectivity index (χ0v) is 53.5. The van der Waals surface area contributed by atoms with Crippen LogP contribution in [0.5, 0.6) is 0 Å². The first-order chi connectivity index (χ1) is 18.7. The van der Waals surface area contributed by atoms with Crippen LogP contribution in [0, 0.1) is 0 Å². The summed E-state index contributed by atoms with van der Waals surface area (Å²) in [4.78, 5) is 143. The Morgan fingerprint density at radius 1 is 0.500 bits per heavy atom. The fraction of sp³-hybridized carbons (Fsp3) is 1.00. The summed E-state index contributed by atoms with van der Waals surface area (Å²) < 4.78 is 108. The second-order valence-electron chi connectivity index (χ2n) is 9.00. The molecule has 50 heavy (non-hydrogen) atoms.